The third-order valence-electron chi connectivity index (χ3n) is 0.558. The minimum Gasteiger partial charge on any atom is -0.397 e. The Morgan fingerprint density at radius 3 is 1.45 bits per heavy atom. The van der Waals surface area contributed by atoms with Crippen LogP contribution in [0.1, 0.15) is 20.3 Å². The first kappa shape index (κ1) is 17.3. The Labute approximate surface area is 73.0 Å². The van der Waals surface area contributed by atoms with E-state index in [1.165, 1.54) is 22.7 Å². The topological polar surface area (TPSA) is 66.5 Å². The summed E-state index contributed by atoms with van der Waals surface area (Å²) in [5, 5.41) is 15.1. The van der Waals surface area contributed by atoms with E-state index in [0.29, 0.717) is 0 Å². The molecule has 0 saturated heterocycles. The van der Waals surface area contributed by atoms with E-state index in [1.54, 1.807) is 13.8 Å². The van der Waals surface area contributed by atoms with Crippen molar-refractivity contribution < 1.29 is 10.2 Å². The van der Waals surface area contributed by atoms with Crippen LogP contribution in [0.2, 0.25) is 6.04 Å². The molecule has 0 rings (SSSR count). The first-order chi connectivity index (χ1) is 5.24. The Morgan fingerprint density at radius 2 is 1.45 bits per heavy atom. The fraction of sp³-hybridized carbons (Fsp3) is 1.00. The molecule has 4 N–H and O–H groups in total. The number of nitrogens with two attached hydrogens (primary N) is 1. The van der Waals surface area contributed by atoms with Crippen molar-refractivity contribution in [2.24, 2.45) is 5.73 Å². The molecule has 0 aromatic rings. The molecular formula is C7H23NO2Si. The lowest BCUT2D eigenvalue weighted by Crippen LogP contribution is -1.96. The molecule has 0 aliphatic rings. The minimum absolute atomic E-state index is 0.250. The summed E-state index contributed by atoms with van der Waals surface area (Å²) in [6.07, 6.45) is 1.23. The summed E-state index contributed by atoms with van der Waals surface area (Å²) < 4.78 is 0. The minimum atomic E-state index is 0.250. The molecule has 0 atom stereocenters. The lowest BCUT2D eigenvalue weighted by molar-refractivity contribution is 0.318. The van der Waals surface area contributed by atoms with Gasteiger partial charge in [0.15, 0.2) is 0 Å². The largest absolute Gasteiger partial charge is 0.397 e. The van der Waals surface area contributed by atoms with Gasteiger partial charge < -0.3 is 15.9 Å². The molecule has 0 aliphatic heterocycles. The highest BCUT2D eigenvalue weighted by molar-refractivity contribution is 6.08. The molecule has 0 spiro atoms. The van der Waals surface area contributed by atoms with Crippen molar-refractivity contribution in [1.29, 1.82) is 0 Å². The zero-order valence-corrected chi connectivity index (χ0v) is 10.0. The third-order valence-corrected chi connectivity index (χ3v) is 1.26. The quantitative estimate of drug-likeness (QED) is 0.485. The van der Waals surface area contributed by atoms with Crippen LogP contribution in [0.5, 0.6) is 0 Å². The number of hydrogen-bond acceptors (Lipinski definition) is 3. The van der Waals surface area contributed by atoms with Crippen LogP contribution in [0, 0.1) is 0 Å². The summed E-state index contributed by atoms with van der Waals surface area (Å²) in [5.74, 6) is 0. The van der Waals surface area contributed by atoms with Gasteiger partial charge in [-0.05, 0) is 26.8 Å². The van der Waals surface area contributed by atoms with Crippen molar-refractivity contribution in [3.8, 4) is 0 Å². The molecule has 0 aromatic heterocycles. The van der Waals surface area contributed by atoms with Gasteiger partial charge in [0.05, 0.1) is 0 Å². The molecule has 0 bridgehead atoms. The first-order valence-corrected chi connectivity index (χ1v) is 5.58. The maximum Gasteiger partial charge on any atom is 0.0402 e. The summed E-state index contributed by atoms with van der Waals surface area (Å²) in [4.78, 5) is 0. The smallest absolute Gasteiger partial charge is 0.0402 e. The molecule has 0 aromatic carbocycles. The summed E-state index contributed by atoms with van der Waals surface area (Å²) in [6.45, 7) is 4.74. The Balaban J connectivity index is -0.0000000933. The summed E-state index contributed by atoms with van der Waals surface area (Å²) in [7, 11) is 1.32. The lowest BCUT2D eigenvalue weighted by Gasteiger charge is -1.80. The summed E-state index contributed by atoms with van der Waals surface area (Å²) >= 11 is 0. The average Bonchev–Trinajstić information content (AvgIpc) is 1.92. The molecule has 0 fully saturated rings. The zero-order valence-electron chi connectivity index (χ0n) is 8.01. The number of hydrogen-bond donors (Lipinski definition) is 3. The van der Waals surface area contributed by atoms with Crippen molar-refractivity contribution in [1.82, 2.24) is 0 Å². The van der Waals surface area contributed by atoms with Gasteiger partial charge in [-0.25, -0.2) is 0 Å². The van der Waals surface area contributed by atoms with E-state index >= 15 is 0 Å². The van der Waals surface area contributed by atoms with Crippen molar-refractivity contribution in [2.75, 3.05) is 19.8 Å². The van der Waals surface area contributed by atoms with Gasteiger partial charge in [0.25, 0.3) is 0 Å². The molecule has 0 saturated carbocycles. The van der Waals surface area contributed by atoms with Crippen LogP contribution in [0.25, 0.3) is 0 Å². The number of rotatable bonds is 2. The molecule has 0 unspecified atom stereocenters. The van der Waals surface area contributed by atoms with Gasteiger partial charge in [-0.15, -0.1) is 0 Å². The Kier molecular flexibility index (Phi) is 50.5. The fourth-order valence-corrected chi connectivity index (χ4v) is 0.612. The normalized spacial score (nSPS) is 7.36. The van der Waals surface area contributed by atoms with Crippen LogP contribution in [0.3, 0.4) is 0 Å². The highest BCUT2D eigenvalue weighted by atomic mass is 28.1. The van der Waals surface area contributed by atoms with Gasteiger partial charge in [-0.2, -0.15) is 0 Å². The van der Waals surface area contributed by atoms with Crippen LogP contribution < -0.4 is 5.73 Å². The molecule has 0 radical (unpaired) electrons. The van der Waals surface area contributed by atoms with E-state index in [9.17, 15) is 0 Å². The van der Waals surface area contributed by atoms with Crippen LogP contribution in [-0.2, 0) is 0 Å². The Hall–Kier alpha value is 0.0969. The highest BCUT2D eigenvalue weighted by Gasteiger charge is 1.68. The average molecular weight is 181 g/mol. The van der Waals surface area contributed by atoms with E-state index in [4.69, 9.17) is 15.9 Å². The second kappa shape index (κ2) is 32.2. The van der Waals surface area contributed by atoms with Crippen LogP contribution in [0.4, 0.5) is 0 Å². The predicted octanol–water partition coefficient (Wildman–Crippen LogP) is -0.884. The third kappa shape index (κ3) is 151. The standard InChI is InChI=1S/C3H11NSi.2C2H6O/c4-2-1-3-5;2*1-2-3/h1-4H2,5H3;2*3H,2H2,1H3. The van der Waals surface area contributed by atoms with Crippen molar-refractivity contribution in [3.63, 3.8) is 0 Å². The second-order valence-electron chi connectivity index (χ2n) is 1.77. The molecule has 0 heterocycles. The van der Waals surface area contributed by atoms with Gasteiger partial charge in [-0.3, -0.25) is 0 Å². The second-order valence-corrected chi connectivity index (χ2v) is 2.77. The molecule has 0 amide bonds. The van der Waals surface area contributed by atoms with Crippen LogP contribution >= 0.6 is 0 Å². The van der Waals surface area contributed by atoms with E-state index < -0.39 is 0 Å². The van der Waals surface area contributed by atoms with Gasteiger partial charge in [0.1, 0.15) is 0 Å². The maximum absolute atomic E-state index is 7.57. The molecule has 0 aliphatic carbocycles. The Bertz CT molecular complexity index is 35.6. The van der Waals surface area contributed by atoms with Crippen molar-refractivity contribution in [2.45, 2.75) is 26.3 Å². The van der Waals surface area contributed by atoms with Crippen molar-refractivity contribution in [3.05, 3.63) is 0 Å². The first-order valence-electron chi connectivity index (χ1n) is 4.16. The molecule has 11 heavy (non-hydrogen) atoms. The monoisotopic (exact) mass is 181 g/mol. The predicted molar refractivity (Wildman–Crippen MR) is 53.9 cm³/mol. The molecule has 3 nitrogen and oxygen atoms in total. The summed E-state index contributed by atoms with van der Waals surface area (Å²) in [5.41, 5.74) is 5.16. The fourth-order valence-electron chi connectivity index (χ4n) is 0.204. The SMILES string of the molecule is CCO.CCO.NCCC[SiH3]. The van der Waals surface area contributed by atoms with Gasteiger partial charge in [0.2, 0.25) is 0 Å². The van der Waals surface area contributed by atoms with Gasteiger partial charge >= 0.3 is 0 Å². The molecule has 72 valence electrons. The maximum atomic E-state index is 7.57. The van der Waals surface area contributed by atoms with E-state index in [-0.39, 0.29) is 13.2 Å². The van der Waals surface area contributed by atoms with E-state index in [0.717, 1.165) is 6.54 Å². The van der Waals surface area contributed by atoms with Crippen LogP contribution in [-0.4, -0.2) is 40.2 Å². The number of aliphatic hydroxyl groups excluding tert-OH is 2. The zero-order chi connectivity index (χ0) is 9.54. The van der Waals surface area contributed by atoms with Gasteiger partial charge in [0, 0.05) is 23.5 Å². The highest BCUT2D eigenvalue weighted by Crippen LogP contribution is 1.74. The summed E-state index contributed by atoms with van der Waals surface area (Å²) in [6, 6.07) is 1.36. The van der Waals surface area contributed by atoms with Crippen molar-refractivity contribution >= 4 is 10.2 Å². The van der Waals surface area contributed by atoms with E-state index in [1.807, 2.05) is 0 Å². The Morgan fingerprint density at radius 1 is 1.18 bits per heavy atom. The molecule has 4 heteroatoms. The molecular weight excluding hydrogens is 158 g/mol. The lowest BCUT2D eigenvalue weighted by atomic mass is 10.5. The number of aliphatic hydroxyl groups is 2. The van der Waals surface area contributed by atoms with Crippen LogP contribution in [0.15, 0.2) is 0 Å². The van der Waals surface area contributed by atoms with Gasteiger partial charge in [-0.1, -0.05) is 6.04 Å². The van der Waals surface area contributed by atoms with E-state index in [2.05, 4.69) is 0 Å².